The third-order valence-electron chi connectivity index (χ3n) is 3.98. The van der Waals surface area contributed by atoms with Crippen molar-refractivity contribution in [3.8, 4) is 0 Å². The van der Waals surface area contributed by atoms with Gasteiger partial charge in [0.1, 0.15) is 0 Å². The molecule has 0 radical (unpaired) electrons. The smallest absolute Gasteiger partial charge is 0.0767 e. The zero-order valence-corrected chi connectivity index (χ0v) is 14.1. The largest absolute Gasteiger partial charge is 0.374 e. The maximum absolute atomic E-state index is 5.99. The Kier molecular flexibility index (Phi) is 4.68. The van der Waals surface area contributed by atoms with E-state index in [-0.39, 0.29) is 6.04 Å². The van der Waals surface area contributed by atoms with Crippen LogP contribution in [0.25, 0.3) is 0 Å². The first-order chi connectivity index (χ1) is 11.1. The molecule has 0 aliphatic heterocycles. The molecule has 0 aromatic heterocycles. The molecule has 116 valence electrons. The van der Waals surface area contributed by atoms with Crippen LogP contribution in [0.5, 0.6) is 0 Å². The van der Waals surface area contributed by atoms with E-state index in [1.54, 1.807) is 0 Å². The van der Waals surface area contributed by atoms with E-state index in [4.69, 9.17) is 11.6 Å². The Labute approximate surface area is 142 Å². The molecule has 0 saturated heterocycles. The van der Waals surface area contributed by atoms with Gasteiger partial charge < -0.3 is 5.32 Å². The third kappa shape index (κ3) is 3.94. The van der Waals surface area contributed by atoms with E-state index in [1.165, 1.54) is 22.3 Å². The number of halogens is 1. The van der Waals surface area contributed by atoms with Gasteiger partial charge in [-0.25, -0.2) is 0 Å². The van der Waals surface area contributed by atoms with Crippen molar-refractivity contribution in [3.05, 3.63) is 100 Å². The summed E-state index contributed by atoms with van der Waals surface area (Å²) >= 11 is 5.99. The first kappa shape index (κ1) is 15.6. The molecule has 0 amide bonds. The fraction of sp³-hybridized carbons (Fsp3) is 0.143. The summed E-state index contributed by atoms with van der Waals surface area (Å²) in [4.78, 5) is 0. The Morgan fingerprint density at radius 1 is 0.652 bits per heavy atom. The number of nitrogens with one attached hydrogen (secondary N) is 1. The van der Waals surface area contributed by atoms with E-state index in [0.717, 1.165) is 10.7 Å². The third-order valence-corrected chi connectivity index (χ3v) is 4.23. The summed E-state index contributed by atoms with van der Waals surface area (Å²) in [6.07, 6.45) is 0. The van der Waals surface area contributed by atoms with E-state index < -0.39 is 0 Å². The van der Waals surface area contributed by atoms with Crippen LogP contribution in [-0.4, -0.2) is 0 Å². The van der Waals surface area contributed by atoms with Crippen molar-refractivity contribution in [1.82, 2.24) is 0 Å². The van der Waals surface area contributed by atoms with Gasteiger partial charge in [0, 0.05) is 10.7 Å². The lowest BCUT2D eigenvalue weighted by Gasteiger charge is -2.21. The van der Waals surface area contributed by atoms with Gasteiger partial charge in [0.15, 0.2) is 0 Å². The van der Waals surface area contributed by atoms with E-state index in [2.05, 4.69) is 67.7 Å². The second-order valence-corrected chi connectivity index (χ2v) is 6.34. The average Bonchev–Trinajstić information content (AvgIpc) is 2.56. The van der Waals surface area contributed by atoms with Crippen LogP contribution >= 0.6 is 11.6 Å². The van der Waals surface area contributed by atoms with Crippen molar-refractivity contribution >= 4 is 17.3 Å². The summed E-state index contributed by atoms with van der Waals surface area (Å²) in [5.74, 6) is 0. The highest BCUT2D eigenvalue weighted by Crippen LogP contribution is 2.28. The molecule has 1 N–H and O–H groups in total. The lowest BCUT2D eigenvalue weighted by molar-refractivity contribution is 0.937. The van der Waals surface area contributed by atoms with Crippen LogP contribution in [0, 0.1) is 13.8 Å². The van der Waals surface area contributed by atoms with Crippen molar-refractivity contribution in [1.29, 1.82) is 0 Å². The summed E-state index contributed by atoms with van der Waals surface area (Å²) in [7, 11) is 0. The molecule has 0 spiro atoms. The van der Waals surface area contributed by atoms with Gasteiger partial charge in [-0.15, -0.1) is 0 Å². The van der Waals surface area contributed by atoms with Gasteiger partial charge in [-0.2, -0.15) is 0 Å². The SMILES string of the molecule is Cc1ccc(C(Nc2ccc(Cl)cc2)c2ccc(C)cc2)cc1. The van der Waals surface area contributed by atoms with Crippen molar-refractivity contribution in [2.75, 3.05) is 5.32 Å². The van der Waals surface area contributed by atoms with Gasteiger partial charge in [0.25, 0.3) is 0 Å². The maximum atomic E-state index is 5.99. The second-order valence-electron chi connectivity index (χ2n) is 5.91. The highest BCUT2D eigenvalue weighted by molar-refractivity contribution is 6.30. The minimum absolute atomic E-state index is 0.109. The van der Waals surface area contributed by atoms with Crippen molar-refractivity contribution in [2.45, 2.75) is 19.9 Å². The summed E-state index contributed by atoms with van der Waals surface area (Å²) in [5, 5.41) is 4.37. The van der Waals surface area contributed by atoms with Gasteiger partial charge in [-0.1, -0.05) is 71.3 Å². The monoisotopic (exact) mass is 321 g/mol. The molecular weight excluding hydrogens is 302 g/mol. The molecule has 3 rings (SSSR count). The van der Waals surface area contributed by atoms with Crippen LogP contribution in [0.1, 0.15) is 28.3 Å². The van der Waals surface area contributed by atoms with Crippen LogP contribution in [0.2, 0.25) is 5.02 Å². The zero-order valence-electron chi connectivity index (χ0n) is 13.4. The van der Waals surface area contributed by atoms with Crippen LogP contribution in [0.15, 0.2) is 72.8 Å². The Balaban J connectivity index is 1.97. The zero-order chi connectivity index (χ0) is 16.2. The molecule has 0 unspecified atom stereocenters. The molecule has 1 nitrogen and oxygen atoms in total. The van der Waals surface area contributed by atoms with E-state index in [0.29, 0.717) is 0 Å². The summed E-state index contributed by atoms with van der Waals surface area (Å²) in [6, 6.07) is 25.3. The number of anilines is 1. The molecule has 3 aromatic rings. The van der Waals surface area contributed by atoms with E-state index in [1.807, 2.05) is 24.3 Å². The van der Waals surface area contributed by atoms with Crippen LogP contribution in [0.3, 0.4) is 0 Å². The van der Waals surface area contributed by atoms with Gasteiger partial charge in [0.2, 0.25) is 0 Å². The average molecular weight is 322 g/mol. The molecule has 23 heavy (non-hydrogen) atoms. The number of hydrogen-bond acceptors (Lipinski definition) is 1. The molecule has 0 aliphatic carbocycles. The molecule has 0 aliphatic rings. The van der Waals surface area contributed by atoms with Gasteiger partial charge >= 0.3 is 0 Å². The fourth-order valence-corrected chi connectivity index (χ4v) is 2.72. The first-order valence-corrected chi connectivity index (χ1v) is 8.15. The molecule has 0 fully saturated rings. The van der Waals surface area contributed by atoms with E-state index >= 15 is 0 Å². The number of aryl methyl sites for hydroxylation is 2. The number of benzene rings is 3. The second kappa shape index (κ2) is 6.89. The minimum Gasteiger partial charge on any atom is -0.374 e. The minimum atomic E-state index is 0.109. The molecular formula is C21H20ClN. The topological polar surface area (TPSA) is 12.0 Å². The van der Waals surface area contributed by atoms with Crippen LogP contribution in [-0.2, 0) is 0 Å². The summed E-state index contributed by atoms with van der Waals surface area (Å²) < 4.78 is 0. The van der Waals surface area contributed by atoms with Crippen molar-refractivity contribution < 1.29 is 0 Å². The summed E-state index contributed by atoms with van der Waals surface area (Å²) in [5.41, 5.74) is 6.08. The van der Waals surface area contributed by atoms with Gasteiger partial charge in [0.05, 0.1) is 6.04 Å². The lowest BCUT2D eigenvalue weighted by Crippen LogP contribution is -2.12. The van der Waals surface area contributed by atoms with Crippen LogP contribution in [0.4, 0.5) is 5.69 Å². The van der Waals surface area contributed by atoms with Crippen molar-refractivity contribution in [2.24, 2.45) is 0 Å². The Hall–Kier alpha value is -2.25. The molecule has 0 bridgehead atoms. The predicted molar refractivity (Wildman–Crippen MR) is 99.3 cm³/mol. The van der Waals surface area contributed by atoms with Gasteiger partial charge in [-0.3, -0.25) is 0 Å². The first-order valence-electron chi connectivity index (χ1n) is 7.77. The maximum Gasteiger partial charge on any atom is 0.0767 e. The molecule has 3 aromatic carbocycles. The Bertz CT molecular complexity index is 713. The van der Waals surface area contributed by atoms with E-state index in [9.17, 15) is 0 Å². The lowest BCUT2D eigenvalue weighted by atomic mass is 9.96. The molecule has 2 heteroatoms. The number of hydrogen-bond donors (Lipinski definition) is 1. The van der Waals surface area contributed by atoms with Crippen LogP contribution < -0.4 is 5.32 Å². The quantitative estimate of drug-likeness (QED) is 0.607. The Morgan fingerprint density at radius 3 is 1.52 bits per heavy atom. The fourth-order valence-electron chi connectivity index (χ4n) is 2.59. The van der Waals surface area contributed by atoms with Crippen molar-refractivity contribution in [3.63, 3.8) is 0 Å². The molecule has 0 atom stereocenters. The predicted octanol–water partition coefficient (Wildman–Crippen LogP) is 6.16. The van der Waals surface area contributed by atoms with Gasteiger partial charge in [-0.05, 0) is 49.2 Å². The number of rotatable bonds is 4. The normalized spacial score (nSPS) is 10.8. The highest BCUT2D eigenvalue weighted by atomic mass is 35.5. The molecule has 0 heterocycles. The Morgan fingerprint density at radius 2 is 1.09 bits per heavy atom. The summed E-state index contributed by atoms with van der Waals surface area (Å²) in [6.45, 7) is 4.22. The standard InChI is InChI=1S/C21H20ClN/c1-15-3-7-17(8-4-15)21(18-9-5-16(2)6-10-18)23-20-13-11-19(22)12-14-20/h3-14,21,23H,1-2H3. The molecule has 0 saturated carbocycles. The highest BCUT2D eigenvalue weighted by Gasteiger charge is 2.14.